The molecule has 1 aromatic heterocycles. The maximum Gasteiger partial charge on any atom is 0.737 e. The summed E-state index contributed by atoms with van der Waals surface area (Å²) in [6, 6.07) is 6.00. The number of fused-ring (bicyclic) bond motifs is 2. The number of hydrogen-bond acceptors (Lipinski definition) is 1. The van der Waals surface area contributed by atoms with E-state index in [4.69, 9.17) is 0 Å². The third-order valence-corrected chi connectivity index (χ3v) is 8.05. The summed E-state index contributed by atoms with van der Waals surface area (Å²) in [7, 11) is 0. The van der Waals surface area contributed by atoms with Crippen LogP contribution in [0.4, 0.5) is 30.6 Å². The molecule has 214 valence electrons. The van der Waals surface area contributed by atoms with E-state index in [1.54, 1.807) is 32.1 Å². The van der Waals surface area contributed by atoms with Crippen molar-refractivity contribution in [2.24, 2.45) is 0 Å². The first kappa shape index (κ1) is 28.5. The summed E-state index contributed by atoms with van der Waals surface area (Å²) >= 11 is 0. The highest BCUT2D eigenvalue weighted by Crippen LogP contribution is 2.48. The fourth-order valence-electron chi connectivity index (χ4n) is 6.21. The smallest absolute Gasteiger partial charge is 0.508 e. The Hall–Kier alpha value is -4.02. The molecule has 5 rings (SSSR count). The molecular formula is C30H26BF7N2O. The number of aromatic nitrogens is 1. The molecule has 0 saturated carbocycles. The van der Waals surface area contributed by atoms with E-state index in [9.17, 15) is 18.3 Å². The maximum absolute atomic E-state index is 16.8. The maximum atomic E-state index is 16.8. The summed E-state index contributed by atoms with van der Waals surface area (Å²) in [5.41, 5.74) is -0.151. The first-order valence-corrected chi connectivity index (χ1v) is 13.1. The van der Waals surface area contributed by atoms with Crippen LogP contribution in [0.5, 0.6) is 5.75 Å². The number of allylic oxidation sites excluding steroid dienone is 3. The van der Waals surface area contributed by atoms with Crippen LogP contribution in [0.25, 0.3) is 11.6 Å². The van der Waals surface area contributed by atoms with Crippen LogP contribution in [0.15, 0.2) is 47.2 Å². The molecule has 3 heterocycles. The molecule has 0 spiro atoms. The molecule has 0 fully saturated rings. The molecule has 3 nitrogen and oxygen atoms in total. The van der Waals surface area contributed by atoms with Crippen molar-refractivity contribution < 1.29 is 40.2 Å². The van der Waals surface area contributed by atoms with E-state index in [-0.39, 0.29) is 46.1 Å². The van der Waals surface area contributed by atoms with Gasteiger partial charge < -0.3 is 22.7 Å². The molecule has 3 aromatic rings. The Kier molecular flexibility index (Phi) is 6.83. The quantitative estimate of drug-likeness (QED) is 0.142. The average molecular weight is 574 g/mol. The lowest BCUT2D eigenvalue weighted by atomic mass is 9.83. The van der Waals surface area contributed by atoms with Gasteiger partial charge in [-0.3, -0.25) is 0 Å². The zero-order valence-electron chi connectivity index (χ0n) is 22.9. The SMILES string of the molecule is CCC1=C(C)C2=C(c3c(F)c(F)c(F)c(F)c3F)c3c(C)c(CC)c(C)n3[B-](F)(F)[N+]2=C1/C=C/c1ccc(O)cc1. The molecule has 0 amide bonds. The highest BCUT2D eigenvalue weighted by Gasteiger charge is 2.57. The van der Waals surface area contributed by atoms with E-state index in [1.807, 2.05) is 0 Å². The van der Waals surface area contributed by atoms with Crippen molar-refractivity contribution in [1.82, 2.24) is 4.48 Å². The van der Waals surface area contributed by atoms with Crippen molar-refractivity contribution in [3.05, 3.63) is 110 Å². The molecule has 0 aliphatic carbocycles. The second-order valence-electron chi connectivity index (χ2n) is 10.2. The Bertz CT molecular complexity index is 1730. The summed E-state index contributed by atoms with van der Waals surface area (Å²) in [4.78, 5) is 0. The van der Waals surface area contributed by atoms with Gasteiger partial charge in [0, 0.05) is 22.9 Å². The lowest BCUT2D eigenvalue weighted by molar-refractivity contribution is -0.362. The number of phenolic OH excluding ortho intramolecular Hbond substituents is 1. The lowest BCUT2D eigenvalue weighted by Crippen LogP contribution is -2.52. The number of phenols is 1. The standard InChI is InChI=1S/C30H26BF7N2O/c1-6-19-14(3)29-23(22-24(32)26(34)28(36)27(35)25(22)33)30-15(4)20(7-2)21(13-10-17-8-11-18(41)12-9-17)40(30)31(37,38)39(29)16(19)5/h8-13,41H,6-7H2,1-5H3/b13-10+. The molecule has 11 heteroatoms. The first-order chi connectivity index (χ1) is 19.3. The Morgan fingerprint density at radius 3 is 1.93 bits per heavy atom. The minimum absolute atomic E-state index is 0.0157. The third kappa shape index (κ3) is 3.92. The summed E-state index contributed by atoms with van der Waals surface area (Å²) < 4.78 is 109. The molecule has 2 aliphatic heterocycles. The predicted molar refractivity (Wildman–Crippen MR) is 144 cm³/mol. The molecule has 0 saturated heterocycles. The number of aromatic hydroxyl groups is 1. The van der Waals surface area contributed by atoms with E-state index < -0.39 is 47.2 Å². The Morgan fingerprint density at radius 1 is 0.829 bits per heavy atom. The van der Waals surface area contributed by atoms with Gasteiger partial charge >= 0.3 is 6.97 Å². The zero-order valence-corrected chi connectivity index (χ0v) is 22.9. The predicted octanol–water partition coefficient (Wildman–Crippen LogP) is 7.97. The highest BCUT2D eigenvalue weighted by molar-refractivity contribution is 6.58. The van der Waals surface area contributed by atoms with Crippen molar-refractivity contribution >= 4 is 24.3 Å². The van der Waals surface area contributed by atoms with Crippen molar-refractivity contribution in [1.29, 1.82) is 0 Å². The van der Waals surface area contributed by atoms with E-state index in [0.29, 0.717) is 32.1 Å². The number of hydrogen-bond donors (Lipinski definition) is 1. The van der Waals surface area contributed by atoms with Crippen molar-refractivity contribution in [2.45, 2.75) is 47.5 Å². The molecule has 0 bridgehead atoms. The van der Waals surface area contributed by atoms with E-state index >= 15 is 17.4 Å². The van der Waals surface area contributed by atoms with Gasteiger partial charge in [0.15, 0.2) is 34.7 Å². The average Bonchev–Trinajstić information content (AvgIpc) is 3.37. The number of halogens is 7. The van der Waals surface area contributed by atoms with Crippen LogP contribution in [0.3, 0.4) is 0 Å². The van der Waals surface area contributed by atoms with Gasteiger partial charge in [0.1, 0.15) is 5.75 Å². The fraction of sp³-hybridized carbons (Fsp3) is 0.233. The molecule has 41 heavy (non-hydrogen) atoms. The summed E-state index contributed by atoms with van der Waals surface area (Å²) in [6.45, 7) is 3.24. The van der Waals surface area contributed by atoms with Gasteiger partial charge in [-0.05, 0) is 74.2 Å². The van der Waals surface area contributed by atoms with E-state index in [0.717, 1.165) is 0 Å². The fourth-order valence-corrected chi connectivity index (χ4v) is 6.21. The van der Waals surface area contributed by atoms with Crippen LogP contribution in [0.2, 0.25) is 0 Å². The normalized spacial score (nSPS) is 16.4. The largest absolute Gasteiger partial charge is 0.737 e. The molecule has 1 N–H and O–H groups in total. The summed E-state index contributed by atoms with van der Waals surface area (Å²) in [5.74, 6) is -10.8. The van der Waals surface area contributed by atoms with Crippen LogP contribution >= 0.6 is 0 Å². The molecule has 0 atom stereocenters. The van der Waals surface area contributed by atoms with Crippen LogP contribution in [-0.2, 0) is 6.42 Å². The number of nitrogens with zero attached hydrogens (tertiary/aromatic N) is 2. The topological polar surface area (TPSA) is 28.2 Å². The molecule has 2 aliphatic rings. The van der Waals surface area contributed by atoms with E-state index in [2.05, 4.69) is 0 Å². The van der Waals surface area contributed by atoms with E-state index in [1.165, 1.54) is 39.0 Å². The Morgan fingerprint density at radius 2 is 1.39 bits per heavy atom. The van der Waals surface area contributed by atoms with Crippen LogP contribution in [-0.4, -0.2) is 26.8 Å². The van der Waals surface area contributed by atoms with Gasteiger partial charge in [-0.25, -0.2) is 22.0 Å². The molecule has 0 radical (unpaired) electrons. The van der Waals surface area contributed by atoms with Crippen LogP contribution in [0.1, 0.15) is 60.8 Å². The monoisotopic (exact) mass is 574 g/mol. The van der Waals surface area contributed by atoms with Gasteiger partial charge in [-0.2, -0.15) is 0 Å². The second-order valence-corrected chi connectivity index (χ2v) is 10.2. The van der Waals surface area contributed by atoms with Gasteiger partial charge in [-0.15, -0.1) is 0 Å². The van der Waals surface area contributed by atoms with Crippen LogP contribution < -0.4 is 0 Å². The number of rotatable bonds is 5. The van der Waals surface area contributed by atoms with Crippen molar-refractivity contribution in [3.63, 3.8) is 0 Å². The zero-order chi connectivity index (χ0) is 30.1. The van der Waals surface area contributed by atoms with Gasteiger partial charge in [0.2, 0.25) is 5.82 Å². The molecule has 0 unspecified atom stereocenters. The van der Waals surface area contributed by atoms with Crippen LogP contribution in [0, 0.1) is 42.9 Å². The number of benzene rings is 2. The second kappa shape index (κ2) is 9.82. The minimum Gasteiger partial charge on any atom is -0.508 e. The first-order valence-electron chi connectivity index (χ1n) is 13.1. The third-order valence-electron chi connectivity index (χ3n) is 8.05. The van der Waals surface area contributed by atoms with Crippen molar-refractivity contribution in [3.8, 4) is 5.75 Å². The minimum atomic E-state index is -4.69. The van der Waals surface area contributed by atoms with Crippen molar-refractivity contribution in [2.75, 3.05) is 0 Å². The van der Waals surface area contributed by atoms with Gasteiger partial charge in [0.25, 0.3) is 0 Å². The van der Waals surface area contributed by atoms with Gasteiger partial charge in [0.05, 0.1) is 11.1 Å². The Labute approximate surface area is 232 Å². The highest BCUT2D eigenvalue weighted by atomic mass is 19.2. The molecule has 2 aromatic carbocycles. The van der Waals surface area contributed by atoms with Gasteiger partial charge in [-0.1, -0.05) is 26.0 Å². The summed E-state index contributed by atoms with van der Waals surface area (Å²) in [6.07, 6.45) is 3.52. The lowest BCUT2D eigenvalue weighted by Gasteiger charge is -2.34. The summed E-state index contributed by atoms with van der Waals surface area (Å²) in [5, 5.41) is 9.59. The molecular weight excluding hydrogens is 548 g/mol. The Balaban J connectivity index is 1.98.